The fourth-order valence-corrected chi connectivity index (χ4v) is 4.10. The van der Waals surface area contributed by atoms with Gasteiger partial charge in [-0.15, -0.1) is 35.3 Å². The van der Waals surface area contributed by atoms with Gasteiger partial charge >= 0.3 is 0 Å². The molecule has 1 fully saturated rings. The first-order chi connectivity index (χ1) is 12.7. The number of anilines is 1. The fraction of sp³-hybridized carbons (Fsp3) is 0.579. The molecule has 2 aromatic rings. The molecule has 1 N–H and O–H groups in total. The van der Waals surface area contributed by atoms with Crippen LogP contribution in [0, 0.1) is 13.8 Å². The summed E-state index contributed by atoms with van der Waals surface area (Å²) in [7, 11) is 0. The van der Waals surface area contributed by atoms with Crippen molar-refractivity contribution in [3.8, 4) is 0 Å². The molecule has 0 radical (unpaired) electrons. The quantitative estimate of drug-likeness (QED) is 0.282. The van der Waals surface area contributed by atoms with Crippen LogP contribution in [-0.4, -0.2) is 55.3 Å². The summed E-state index contributed by atoms with van der Waals surface area (Å²) in [5.41, 5.74) is 2.23. The van der Waals surface area contributed by atoms with Gasteiger partial charge in [0.05, 0.1) is 10.7 Å². The van der Waals surface area contributed by atoms with Crippen molar-refractivity contribution in [2.24, 2.45) is 4.99 Å². The van der Waals surface area contributed by atoms with Crippen LogP contribution in [0.3, 0.4) is 0 Å². The third-order valence-electron chi connectivity index (χ3n) is 4.76. The fourth-order valence-electron chi connectivity index (χ4n) is 3.31. The van der Waals surface area contributed by atoms with Crippen molar-refractivity contribution >= 4 is 46.3 Å². The Kier molecular flexibility index (Phi) is 8.88. The van der Waals surface area contributed by atoms with Crippen LogP contribution >= 0.6 is 35.3 Å². The lowest BCUT2D eigenvalue weighted by atomic mass is 10.1. The topological polar surface area (TPSA) is 56.9 Å². The Hall–Kier alpha value is -1.29. The van der Waals surface area contributed by atoms with Crippen LogP contribution < -0.4 is 10.2 Å². The highest BCUT2D eigenvalue weighted by Gasteiger charge is 2.20. The van der Waals surface area contributed by atoms with E-state index < -0.39 is 0 Å². The van der Waals surface area contributed by atoms with Crippen LogP contribution in [0.25, 0.3) is 0 Å². The molecular formula is C19H30IN5OS. The Bertz CT molecular complexity index is 688. The number of thiophene rings is 1. The molecule has 0 bridgehead atoms. The summed E-state index contributed by atoms with van der Waals surface area (Å²) in [5.74, 6) is 1.97. The first-order valence-electron chi connectivity index (χ1n) is 9.42. The van der Waals surface area contributed by atoms with E-state index in [1.807, 2.05) is 25.2 Å². The van der Waals surface area contributed by atoms with Crippen molar-refractivity contribution in [2.75, 3.05) is 44.2 Å². The Morgan fingerprint density at radius 2 is 2.07 bits per heavy atom. The summed E-state index contributed by atoms with van der Waals surface area (Å²) in [6.07, 6.45) is 1.98. The molecule has 0 aromatic carbocycles. The number of guanidine groups is 1. The molecule has 1 saturated heterocycles. The summed E-state index contributed by atoms with van der Waals surface area (Å²) in [5, 5.41) is 11.0. The average molecular weight is 503 g/mol. The molecule has 0 aliphatic carbocycles. The van der Waals surface area contributed by atoms with E-state index in [1.165, 1.54) is 10.6 Å². The number of aromatic nitrogens is 1. The molecule has 0 amide bonds. The highest BCUT2D eigenvalue weighted by molar-refractivity contribution is 14.0. The van der Waals surface area contributed by atoms with Gasteiger partial charge in [-0.1, -0.05) is 5.16 Å². The average Bonchev–Trinajstić information content (AvgIpc) is 3.29. The SMILES string of the molecule is CCNC(=NCCCc1c(C)noc1C)N1CCN(c2cccs2)CC1.I. The van der Waals surface area contributed by atoms with Crippen LogP contribution in [0.4, 0.5) is 5.00 Å². The van der Waals surface area contributed by atoms with Crippen LogP contribution in [0.5, 0.6) is 0 Å². The monoisotopic (exact) mass is 503 g/mol. The van der Waals surface area contributed by atoms with E-state index in [-0.39, 0.29) is 24.0 Å². The summed E-state index contributed by atoms with van der Waals surface area (Å²) in [6, 6.07) is 4.32. The van der Waals surface area contributed by atoms with Crippen LogP contribution in [-0.2, 0) is 6.42 Å². The van der Waals surface area contributed by atoms with E-state index in [0.717, 1.165) is 69.5 Å². The lowest BCUT2D eigenvalue weighted by Gasteiger charge is -2.37. The highest BCUT2D eigenvalue weighted by atomic mass is 127. The molecule has 3 heterocycles. The Balaban J connectivity index is 0.00000261. The molecule has 27 heavy (non-hydrogen) atoms. The lowest BCUT2D eigenvalue weighted by Crippen LogP contribution is -2.52. The van der Waals surface area contributed by atoms with Gasteiger partial charge in [-0.3, -0.25) is 4.99 Å². The summed E-state index contributed by atoms with van der Waals surface area (Å²) < 4.78 is 5.24. The van der Waals surface area contributed by atoms with Gasteiger partial charge in [0.1, 0.15) is 5.76 Å². The molecule has 1 aliphatic heterocycles. The standard InChI is InChI=1S/C19H29N5OS.HI/c1-4-20-19(21-9-5-7-17-15(2)22-25-16(17)3)24-12-10-23(11-13-24)18-8-6-14-26-18;/h6,8,14H,4-5,7,9-13H2,1-3H3,(H,20,21);1H. The normalized spacial score (nSPS) is 15.0. The van der Waals surface area contributed by atoms with E-state index in [1.54, 1.807) is 0 Å². The molecular weight excluding hydrogens is 473 g/mol. The minimum absolute atomic E-state index is 0. The zero-order valence-corrected chi connectivity index (χ0v) is 19.5. The van der Waals surface area contributed by atoms with Gasteiger partial charge in [0.2, 0.25) is 0 Å². The maximum absolute atomic E-state index is 5.24. The molecule has 0 atom stereocenters. The van der Waals surface area contributed by atoms with Gasteiger partial charge in [0.25, 0.3) is 0 Å². The highest BCUT2D eigenvalue weighted by Crippen LogP contribution is 2.22. The second kappa shape index (κ2) is 10.9. The van der Waals surface area contributed by atoms with E-state index in [4.69, 9.17) is 9.52 Å². The van der Waals surface area contributed by atoms with Crippen molar-refractivity contribution in [1.82, 2.24) is 15.4 Å². The first-order valence-corrected chi connectivity index (χ1v) is 10.3. The predicted octanol–water partition coefficient (Wildman–Crippen LogP) is 3.69. The van der Waals surface area contributed by atoms with Crippen molar-refractivity contribution in [2.45, 2.75) is 33.6 Å². The maximum Gasteiger partial charge on any atom is 0.194 e. The number of nitrogens with one attached hydrogen (secondary N) is 1. The number of hydrogen-bond acceptors (Lipinski definition) is 5. The number of rotatable bonds is 6. The molecule has 1 aliphatic rings. The van der Waals surface area contributed by atoms with Crippen LogP contribution in [0.2, 0.25) is 0 Å². The number of aliphatic imine (C=N–C) groups is 1. The minimum atomic E-state index is 0. The summed E-state index contributed by atoms with van der Waals surface area (Å²) >= 11 is 1.82. The van der Waals surface area contributed by atoms with Crippen molar-refractivity contribution in [3.05, 3.63) is 34.5 Å². The summed E-state index contributed by atoms with van der Waals surface area (Å²) in [4.78, 5) is 9.69. The van der Waals surface area contributed by atoms with Gasteiger partial charge in [0.15, 0.2) is 5.96 Å². The smallest absolute Gasteiger partial charge is 0.194 e. The molecule has 3 rings (SSSR count). The van der Waals surface area contributed by atoms with Gasteiger partial charge in [-0.25, -0.2) is 0 Å². The largest absolute Gasteiger partial charge is 0.361 e. The number of hydrogen-bond donors (Lipinski definition) is 1. The molecule has 6 nitrogen and oxygen atoms in total. The number of aryl methyl sites for hydroxylation is 2. The van der Waals surface area contributed by atoms with Gasteiger partial charge < -0.3 is 19.6 Å². The molecule has 0 unspecified atom stereocenters. The van der Waals surface area contributed by atoms with Crippen LogP contribution in [0.15, 0.2) is 27.0 Å². The minimum Gasteiger partial charge on any atom is -0.361 e. The van der Waals surface area contributed by atoms with Crippen molar-refractivity contribution < 1.29 is 4.52 Å². The third-order valence-corrected chi connectivity index (χ3v) is 5.69. The molecule has 0 spiro atoms. The molecule has 8 heteroatoms. The van der Waals surface area contributed by atoms with E-state index >= 15 is 0 Å². The number of piperazine rings is 1. The Morgan fingerprint density at radius 3 is 2.67 bits per heavy atom. The first kappa shape index (κ1) is 22.0. The Morgan fingerprint density at radius 1 is 1.30 bits per heavy atom. The molecule has 150 valence electrons. The van der Waals surface area contributed by atoms with Crippen LogP contribution in [0.1, 0.15) is 30.4 Å². The van der Waals surface area contributed by atoms with E-state index in [2.05, 4.69) is 44.7 Å². The second-order valence-electron chi connectivity index (χ2n) is 6.57. The Labute approximate surface area is 183 Å². The zero-order chi connectivity index (χ0) is 18.4. The molecule has 0 saturated carbocycles. The molecule has 2 aromatic heterocycles. The van der Waals surface area contributed by atoms with Crippen molar-refractivity contribution in [3.63, 3.8) is 0 Å². The van der Waals surface area contributed by atoms with Crippen molar-refractivity contribution in [1.29, 1.82) is 0 Å². The van der Waals surface area contributed by atoms with Gasteiger partial charge in [0, 0.05) is 44.8 Å². The maximum atomic E-state index is 5.24. The van der Waals surface area contributed by atoms with Gasteiger partial charge in [-0.05, 0) is 51.1 Å². The summed E-state index contributed by atoms with van der Waals surface area (Å²) in [6.45, 7) is 11.9. The van der Waals surface area contributed by atoms with E-state index in [9.17, 15) is 0 Å². The third kappa shape index (κ3) is 5.84. The second-order valence-corrected chi connectivity index (χ2v) is 7.49. The van der Waals surface area contributed by atoms with E-state index in [0.29, 0.717) is 0 Å². The van der Waals surface area contributed by atoms with Gasteiger partial charge in [-0.2, -0.15) is 0 Å². The number of nitrogens with zero attached hydrogens (tertiary/aromatic N) is 4. The lowest BCUT2D eigenvalue weighted by molar-refractivity contribution is 0.373. The number of halogens is 1. The predicted molar refractivity (Wildman–Crippen MR) is 124 cm³/mol. The zero-order valence-electron chi connectivity index (χ0n) is 16.4.